The number of carbonyl (C=O) groups is 5. The van der Waals surface area contributed by atoms with Crippen molar-refractivity contribution in [3.05, 3.63) is 268 Å². The van der Waals surface area contributed by atoms with Gasteiger partial charge in [-0.1, -0.05) is 146 Å². The van der Waals surface area contributed by atoms with E-state index in [1.54, 1.807) is 23.3 Å². The summed E-state index contributed by atoms with van der Waals surface area (Å²) in [5, 5.41) is 4.31. The average Bonchev–Trinajstić information content (AvgIpc) is 1.63. The van der Waals surface area contributed by atoms with Crippen LogP contribution in [0.5, 0.6) is 11.5 Å². The third-order valence-corrected chi connectivity index (χ3v) is 18.9. The zero-order valence-electron chi connectivity index (χ0n) is 58.5. The third kappa shape index (κ3) is 18.9. The molecule has 2 amide bonds. The number of carbonyl (C=O) groups excluding carboxylic acids is 5. The molecule has 2 aliphatic carbocycles. The highest BCUT2D eigenvalue weighted by Crippen LogP contribution is 2.52. The van der Waals surface area contributed by atoms with Crippen LogP contribution in [0.1, 0.15) is 208 Å². The first-order chi connectivity index (χ1) is 47.6. The van der Waals surface area contributed by atoms with E-state index in [9.17, 15) is 24.0 Å². The summed E-state index contributed by atoms with van der Waals surface area (Å²) in [5.41, 5.74) is 22.1. The van der Waals surface area contributed by atoms with E-state index in [-0.39, 0.29) is 44.6 Å². The Kier molecular flexibility index (Phi) is 25.2. The van der Waals surface area contributed by atoms with Gasteiger partial charge in [-0.15, -0.1) is 0 Å². The Balaban J connectivity index is 0.000000135. The van der Waals surface area contributed by atoms with Gasteiger partial charge in [0.2, 0.25) is 0 Å². The van der Waals surface area contributed by atoms with Gasteiger partial charge in [0.25, 0.3) is 11.8 Å². The normalized spacial score (nSPS) is 18.2. The van der Waals surface area contributed by atoms with Crippen molar-refractivity contribution >= 4 is 29.7 Å². The van der Waals surface area contributed by atoms with Gasteiger partial charge in [-0.25, -0.2) is 14.4 Å². The molecular formula is C85H97N3O13. The number of imide groups is 1. The van der Waals surface area contributed by atoms with Crippen LogP contribution in [0.4, 0.5) is 0 Å². The summed E-state index contributed by atoms with van der Waals surface area (Å²) in [6, 6.07) is 48.2. The number of hydrogen-bond donors (Lipinski definition) is 1. The van der Waals surface area contributed by atoms with E-state index in [0.29, 0.717) is 88.4 Å². The summed E-state index contributed by atoms with van der Waals surface area (Å²) >= 11 is 0. The molecule has 1 saturated heterocycles. The molecule has 18 rings (SSSR count). The molecule has 16 heteroatoms. The fraction of sp³-hybridized carbons (Fsp3) is 0.376. The molecule has 10 aliphatic rings. The van der Waals surface area contributed by atoms with Crippen molar-refractivity contribution in [3.63, 3.8) is 0 Å². The zero-order chi connectivity index (χ0) is 70.0. The van der Waals surface area contributed by atoms with Crippen molar-refractivity contribution in [2.75, 3.05) is 46.3 Å². The Hall–Kier alpha value is -9.61. The van der Waals surface area contributed by atoms with Crippen LogP contribution >= 0.6 is 0 Å². The summed E-state index contributed by atoms with van der Waals surface area (Å²) in [7, 11) is 0. The number of hydrogen-bond acceptors (Lipinski definition) is 15. The van der Waals surface area contributed by atoms with Crippen molar-refractivity contribution in [1.29, 1.82) is 0 Å². The third-order valence-electron chi connectivity index (χ3n) is 18.9. The monoisotopic (exact) mass is 1370 g/mol. The number of esters is 3. The van der Waals surface area contributed by atoms with Crippen LogP contribution in [0, 0.1) is 60.8 Å². The average molecular weight is 1370 g/mol. The van der Waals surface area contributed by atoms with Gasteiger partial charge in [-0.3, -0.25) is 24.9 Å². The molecule has 2 unspecified atom stereocenters. The van der Waals surface area contributed by atoms with Gasteiger partial charge in [0, 0.05) is 16.7 Å². The van der Waals surface area contributed by atoms with Crippen LogP contribution in [0.3, 0.4) is 0 Å². The first kappa shape index (κ1) is 75.6. The number of nitrogens with zero attached hydrogens (tertiary/aromatic N) is 2. The maximum atomic E-state index is 11.4. The fourth-order valence-electron chi connectivity index (χ4n) is 13.5. The molecule has 2 bridgehead atoms. The second-order valence-corrected chi connectivity index (χ2v) is 27.4. The molecule has 0 aromatic heterocycles. The van der Waals surface area contributed by atoms with E-state index in [2.05, 4.69) is 84.6 Å². The number of nitrogens with one attached hydrogen (secondary N) is 1. The van der Waals surface area contributed by atoms with E-state index in [0.717, 1.165) is 77.7 Å². The van der Waals surface area contributed by atoms with Gasteiger partial charge < -0.3 is 37.9 Å². The number of aryl methyl sites for hydroxylation is 8. The first-order valence-corrected chi connectivity index (χ1v) is 34.2. The van der Waals surface area contributed by atoms with Crippen LogP contribution in [0.2, 0.25) is 0 Å². The highest BCUT2D eigenvalue weighted by Gasteiger charge is 2.42. The zero-order valence-corrected chi connectivity index (χ0v) is 58.5. The summed E-state index contributed by atoms with van der Waals surface area (Å²) in [6.07, 6.45) is 10.4. The van der Waals surface area contributed by atoms with Crippen LogP contribution < -0.4 is 25.5 Å². The molecule has 8 aliphatic heterocycles. The topological polar surface area (TPSA) is 196 Å². The van der Waals surface area contributed by atoms with Crippen LogP contribution in [0.25, 0.3) is 0 Å². The maximum Gasteiger partial charge on any atom is 0.339 e. The first-order valence-electron chi connectivity index (χ1n) is 34.2. The number of rotatable bonds is 0. The maximum absolute atomic E-state index is 11.4. The molecule has 8 aromatic carbocycles. The summed E-state index contributed by atoms with van der Waals surface area (Å²) in [5.74, 6) is 0.353. The van der Waals surface area contributed by atoms with Crippen molar-refractivity contribution in [3.8, 4) is 11.5 Å². The second kappa shape index (κ2) is 33.7. The van der Waals surface area contributed by atoms with E-state index in [4.69, 9.17) is 37.9 Å². The van der Waals surface area contributed by atoms with Gasteiger partial charge in [0.05, 0.1) is 77.2 Å². The van der Waals surface area contributed by atoms with Crippen molar-refractivity contribution < 1.29 is 61.9 Å². The largest absolute Gasteiger partial charge is 0.487 e. The van der Waals surface area contributed by atoms with Gasteiger partial charge in [0.15, 0.2) is 11.5 Å². The molecule has 101 heavy (non-hydrogen) atoms. The summed E-state index contributed by atoms with van der Waals surface area (Å²) in [6.45, 7) is 25.0. The molecule has 2 fully saturated rings. The van der Waals surface area contributed by atoms with Gasteiger partial charge >= 0.3 is 17.9 Å². The lowest BCUT2D eigenvalue weighted by Crippen LogP contribution is -2.29. The van der Waals surface area contributed by atoms with Gasteiger partial charge in [0.1, 0.15) is 38.7 Å². The van der Waals surface area contributed by atoms with Crippen LogP contribution in [0.15, 0.2) is 156 Å². The molecule has 0 radical (unpaired) electrons. The molecule has 530 valence electrons. The van der Waals surface area contributed by atoms with Crippen molar-refractivity contribution in [1.82, 2.24) is 5.32 Å². The Bertz CT molecular complexity index is 4490. The summed E-state index contributed by atoms with van der Waals surface area (Å²) < 4.78 is 42.7. The molecule has 1 spiro atoms. The van der Waals surface area contributed by atoms with Crippen molar-refractivity contribution in [2.45, 2.75) is 160 Å². The van der Waals surface area contributed by atoms with Crippen LogP contribution in [-0.4, -0.2) is 76.0 Å². The Morgan fingerprint density at radius 3 is 1.59 bits per heavy atom. The number of benzene rings is 8. The Morgan fingerprint density at radius 1 is 0.406 bits per heavy atom. The predicted octanol–water partition coefficient (Wildman–Crippen LogP) is 16.1. The number of ether oxygens (including phenoxy) is 8. The highest BCUT2D eigenvalue weighted by atomic mass is 16.6. The molecule has 1 N–H and O–H groups in total. The molecule has 16 nitrogen and oxygen atoms in total. The fourth-order valence-corrected chi connectivity index (χ4v) is 13.5. The lowest BCUT2D eigenvalue weighted by atomic mass is 9.67. The Labute approximate surface area is 594 Å². The standard InChI is InChI=1S/C13H18O4.C13H16.C11H12O2.C11H12O.C9H7NO2.2C9H8O2.C8H8N2.2CH4/c1-11-2-3-12-13(10-11)17-9-7-15-5-4-14-6-8-16-12;1-10-3-4-11-8-13(5-2-6-13)9-12(11)7-10;1-7-4-5-8-9(6-7)11(2,3)13-10(8)12;1-7-2-3-8-9(6-7)11-5-4-10(8)12-11;1-5-2-3-6-7(4-5)9(12)10-8(6)11;1-6-2-3-8-7(4-6)5-11-9(8)10;1-6-2-3-7-5-11-9(10)8(7)4-6;1-6-2-3-7-8(4-6)10-5-9-7;;/h2-3,10H,4-9H2,1H3;3-4,7H,2,5-6,8-9H2,1H3;4-6H,1-3H3;2-3,6,10-11H,4-5H2,1H3;2-4H,1H3,(H,10,11,12);2*2-4H,5H2,1H3;2-4H,5H2,1H3;2*1H4. The molecule has 2 atom stereocenters. The van der Waals surface area contributed by atoms with Crippen LogP contribution in [-0.2, 0) is 60.1 Å². The smallest absolute Gasteiger partial charge is 0.339 e. The van der Waals surface area contributed by atoms with E-state index in [1.807, 2.05) is 133 Å². The van der Waals surface area contributed by atoms with E-state index in [1.165, 1.54) is 78.3 Å². The van der Waals surface area contributed by atoms with E-state index >= 15 is 0 Å². The minimum Gasteiger partial charge on any atom is -0.487 e. The number of cyclic esters (lactones) is 3. The van der Waals surface area contributed by atoms with E-state index < -0.39 is 5.60 Å². The number of amides is 2. The second-order valence-electron chi connectivity index (χ2n) is 27.4. The number of fused-ring (bicyclic) bond motifs is 12. The molecule has 1 saturated carbocycles. The molecule has 8 aromatic rings. The van der Waals surface area contributed by atoms with Gasteiger partial charge in [-0.2, -0.15) is 0 Å². The lowest BCUT2D eigenvalue weighted by molar-refractivity contribution is 0.00944. The minimum absolute atomic E-state index is 0. The SMILES string of the molecule is C.C.Cc1ccc2c(c1)=NCN=2.Cc1ccc2c(c1)C(=O)NC2=O.Cc1ccc2c(c1)C(=O)OC2.Cc1ccc2c(c1)C(C)(C)OC2=O.Cc1ccc2c(c1)C1CCC2O1.Cc1ccc2c(c1)CC1(CCC1)C2.Cc1ccc2c(c1)COC2=O.Cc1ccc2c(c1)OCCOCCOCCO2. The summed E-state index contributed by atoms with van der Waals surface area (Å²) in [4.78, 5) is 63.8. The molecular weight excluding hydrogens is 1270 g/mol. The quantitative estimate of drug-likeness (QED) is 0.0856. The predicted molar refractivity (Wildman–Crippen MR) is 391 cm³/mol. The molecule has 8 heterocycles. The lowest BCUT2D eigenvalue weighted by Gasteiger charge is -2.38. The van der Waals surface area contributed by atoms with Gasteiger partial charge in [-0.05, 0) is 201 Å². The minimum atomic E-state index is -0.460. The highest BCUT2D eigenvalue weighted by molar-refractivity contribution is 6.21. The Morgan fingerprint density at radius 2 is 0.901 bits per heavy atom. The van der Waals surface area contributed by atoms with Crippen molar-refractivity contribution in [2.24, 2.45) is 15.4 Å².